The Morgan fingerprint density at radius 1 is 1.09 bits per heavy atom. The highest BCUT2D eigenvalue weighted by molar-refractivity contribution is 7.16. The Bertz CT molecular complexity index is 520. The largest absolute Gasteiger partial charge is 0.503 e. The minimum atomic E-state index is -0.748. The molecule has 0 aliphatic heterocycles. The maximum absolute atomic E-state index is 12.0. The monoisotopic (exact) mass is 332 g/mol. The summed E-state index contributed by atoms with van der Waals surface area (Å²) in [7, 11) is 0. The summed E-state index contributed by atoms with van der Waals surface area (Å²) in [6, 6.07) is 0. The van der Waals surface area contributed by atoms with Crippen LogP contribution < -0.4 is 4.74 Å². The van der Waals surface area contributed by atoms with E-state index in [2.05, 4.69) is 0 Å². The molecular formula is C14H20O7S. The lowest BCUT2D eigenvalue weighted by Gasteiger charge is -2.15. The van der Waals surface area contributed by atoms with Gasteiger partial charge in [-0.25, -0.2) is 9.59 Å². The van der Waals surface area contributed by atoms with Crippen molar-refractivity contribution in [3.05, 3.63) is 9.75 Å². The third-order valence-electron chi connectivity index (χ3n) is 2.71. The number of esters is 2. The molecule has 0 saturated heterocycles. The van der Waals surface area contributed by atoms with E-state index in [0.29, 0.717) is 6.42 Å². The van der Waals surface area contributed by atoms with Gasteiger partial charge in [-0.05, 0) is 20.3 Å². The third-order valence-corrected chi connectivity index (χ3v) is 3.83. The van der Waals surface area contributed by atoms with Crippen LogP contribution in [0.2, 0.25) is 0 Å². The van der Waals surface area contributed by atoms with Crippen LogP contribution in [0, 0.1) is 0 Å². The lowest BCUT2D eigenvalue weighted by Crippen LogP contribution is -2.20. The van der Waals surface area contributed by atoms with Crippen molar-refractivity contribution < 1.29 is 34.0 Å². The second kappa shape index (κ2) is 8.60. The number of aliphatic hydroxyl groups excluding tert-OH is 1. The number of hydrogen-bond acceptors (Lipinski definition) is 8. The number of hydrogen-bond donors (Lipinski definition) is 2. The van der Waals surface area contributed by atoms with Gasteiger partial charge in [0.25, 0.3) is 0 Å². The molecule has 124 valence electrons. The molecule has 1 rings (SSSR count). The maximum Gasteiger partial charge on any atom is 0.352 e. The number of carbonyl (C=O) groups excluding carboxylic acids is 2. The number of carbonyl (C=O) groups is 2. The third kappa shape index (κ3) is 4.11. The highest BCUT2D eigenvalue weighted by Crippen LogP contribution is 2.43. The van der Waals surface area contributed by atoms with E-state index in [1.54, 1.807) is 20.8 Å². The predicted molar refractivity (Wildman–Crippen MR) is 79.7 cm³/mol. The highest BCUT2D eigenvalue weighted by Gasteiger charge is 2.30. The van der Waals surface area contributed by atoms with Crippen molar-refractivity contribution in [2.45, 2.75) is 33.3 Å². The van der Waals surface area contributed by atoms with Crippen molar-refractivity contribution in [1.29, 1.82) is 0 Å². The van der Waals surface area contributed by atoms with E-state index in [9.17, 15) is 19.8 Å². The summed E-state index contributed by atoms with van der Waals surface area (Å²) in [5, 5.41) is 19.4. The van der Waals surface area contributed by atoms with E-state index < -0.39 is 23.8 Å². The Labute approximate surface area is 132 Å². The summed E-state index contributed by atoms with van der Waals surface area (Å²) in [4.78, 5) is 23.6. The zero-order valence-electron chi connectivity index (χ0n) is 12.7. The Morgan fingerprint density at radius 2 is 1.64 bits per heavy atom. The van der Waals surface area contributed by atoms with E-state index in [0.717, 1.165) is 11.3 Å². The minimum Gasteiger partial charge on any atom is -0.503 e. The molecule has 1 atom stereocenters. The van der Waals surface area contributed by atoms with Crippen molar-refractivity contribution in [3.8, 4) is 11.5 Å². The fourth-order valence-corrected chi connectivity index (χ4v) is 2.51. The summed E-state index contributed by atoms with van der Waals surface area (Å²) in [6.07, 6.45) is -0.147. The number of thiophene rings is 1. The number of ether oxygens (including phenoxy) is 3. The molecule has 0 spiro atoms. The van der Waals surface area contributed by atoms with Gasteiger partial charge in [-0.1, -0.05) is 6.92 Å². The highest BCUT2D eigenvalue weighted by atomic mass is 32.1. The molecule has 0 aliphatic rings. The van der Waals surface area contributed by atoms with Crippen molar-refractivity contribution in [2.24, 2.45) is 0 Å². The Morgan fingerprint density at radius 3 is 2.09 bits per heavy atom. The molecule has 0 radical (unpaired) electrons. The fraction of sp³-hybridized carbons (Fsp3) is 0.571. The van der Waals surface area contributed by atoms with Gasteiger partial charge in [0.05, 0.1) is 19.8 Å². The van der Waals surface area contributed by atoms with Crippen LogP contribution in [0.1, 0.15) is 46.5 Å². The van der Waals surface area contributed by atoms with Gasteiger partial charge < -0.3 is 24.4 Å². The number of aromatic hydroxyl groups is 1. The quantitative estimate of drug-likeness (QED) is 0.701. The molecule has 0 aliphatic carbocycles. The van der Waals surface area contributed by atoms with Gasteiger partial charge in [-0.3, -0.25) is 0 Å². The number of rotatable bonds is 8. The minimum absolute atomic E-state index is 0.0331. The average molecular weight is 332 g/mol. The molecule has 8 heteroatoms. The van der Waals surface area contributed by atoms with E-state index in [4.69, 9.17) is 14.2 Å². The Kier molecular flexibility index (Phi) is 7.13. The van der Waals surface area contributed by atoms with Crippen LogP contribution in [0.5, 0.6) is 11.5 Å². The fourth-order valence-electron chi connectivity index (χ4n) is 1.60. The molecule has 0 saturated carbocycles. The number of aliphatic hydroxyl groups is 1. The summed E-state index contributed by atoms with van der Waals surface area (Å²) in [5.74, 6) is -2.09. The van der Waals surface area contributed by atoms with Crippen LogP contribution in [0.4, 0.5) is 0 Å². The molecule has 0 fully saturated rings. The van der Waals surface area contributed by atoms with E-state index in [1.165, 1.54) is 0 Å². The second-order valence-electron chi connectivity index (χ2n) is 4.21. The standard InChI is InChI=1S/C14H20O7S/c1-4-8(7-15)21-10-9(16)11(13(17)19-5-2)22-12(10)14(18)20-6-3/h8,15-16H,4-7H2,1-3H3. The van der Waals surface area contributed by atoms with Crippen molar-refractivity contribution in [2.75, 3.05) is 19.8 Å². The molecule has 0 bridgehead atoms. The normalized spacial score (nSPS) is 11.8. The second-order valence-corrected chi connectivity index (χ2v) is 5.23. The molecule has 0 amide bonds. The smallest absolute Gasteiger partial charge is 0.352 e. The van der Waals surface area contributed by atoms with Gasteiger partial charge in [0.2, 0.25) is 0 Å². The lowest BCUT2D eigenvalue weighted by molar-refractivity contribution is 0.0509. The molecule has 22 heavy (non-hydrogen) atoms. The SMILES string of the molecule is CCOC(=O)c1sc(C(=O)OCC)c(OC(CC)CO)c1O. The predicted octanol–water partition coefficient (Wildman–Crippen LogP) is 1.96. The van der Waals surface area contributed by atoms with Crippen LogP contribution in [0.3, 0.4) is 0 Å². The molecule has 1 heterocycles. The van der Waals surface area contributed by atoms with Gasteiger partial charge in [0, 0.05) is 0 Å². The lowest BCUT2D eigenvalue weighted by atomic mass is 10.3. The van der Waals surface area contributed by atoms with Gasteiger partial charge in [-0.15, -0.1) is 11.3 Å². The molecule has 7 nitrogen and oxygen atoms in total. The van der Waals surface area contributed by atoms with Gasteiger partial charge in [0.1, 0.15) is 6.10 Å². The van der Waals surface area contributed by atoms with Crippen LogP contribution >= 0.6 is 11.3 Å². The van der Waals surface area contributed by atoms with Crippen molar-refractivity contribution in [1.82, 2.24) is 0 Å². The molecule has 1 aromatic heterocycles. The molecule has 2 N–H and O–H groups in total. The first-order valence-corrected chi connectivity index (χ1v) is 7.79. The van der Waals surface area contributed by atoms with Crippen LogP contribution in [-0.2, 0) is 9.47 Å². The summed E-state index contributed by atoms with van der Waals surface area (Å²) in [6.45, 7) is 5.04. The van der Waals surface area contributed by atoms with E-state index in [1.807, 2.05) is 0 Å². The average Bonchev–Trinajstić information content (AvgIpc) is 2.82. The van der Waals surface area contributed by atoms with Crippen LogP contribution in [0.15, 0.2) is 0 Å². The van der Waals surface area contributed by atoms with Gasteiger partial charge in [0.15, 0.2) is 21.3 Å². The molecular weight excluding hydrogens is 312 g/mol. The summed E-state index contributed by atoms with van der Waals surface area (Å²) in [5.41, 5.74) is 0. The zero-order valence-corrected chi connectivity index (χ0v) is 13.6. The van der Waals surface area contributed by atoms with Gasteiger partial charge >= 0.3 is 11.9 Å². The van der Waals surface area contributed by atoms with E-state index >= 15 is 0 Å². The molecule has 1 aromatic rings. The van der Waals surface area contributed by atoms with Crippen molar-refractivity contribution >= 4 is 23.3 Å². The summed E-state index contributed by atoms with van der Waals surface area (Å²) >= 11 is 0.739. The van der Waals surface area contributed by atoms with Crippen LogP contribution in [0.25, 0.3) is 0 Å². The Balaban J connectivity index is 3.24. The topological polar surface area (TPSA) is 102 Å². The van der Waals surface area contributed by atoms with Crippen molar-refractivity contribution in [3.63, 3.8) is 0 Å². The first-order valence-electron chi connectivity index (χ1n) is 6.97. The van der Waals surface area contributed by atoms with Gasteiger partial charge in [-0.2, -0.15) is 0 Å². The first kappa shape index (κ1) is 18.2. The first-order chi connectivity index (χ1) is 10.5. The molecule has 1 unspecified atom stereocenters. The molecule has 0 aromatic carbocycles. The van der Waals surface area contributed by atoms with Crippen LogP contribution in [-0.4, -0.2) is 48.1 Å². The zero-order chi connectivity index (χ0) is 16.7. The maximum atomic E-state index is 12.0. The van der Waals surface area contributed by atoms with E-state index in [-0.39, 0.29) is 35.3 Å². The Hall–Kier alpha value is -1.80. The summed E-state index contributed by atoms with van der Waals surface area (Å²) < 4.78 is 15.2.